The molecule has 1 aromatic carbocycles. The highest BCUT2D eigenvalue weighted by molar-refractivity contribution is 5.37. The van der Waals surface area contributed by atoms with Gasteiger partial charge >= 0.3 is 0 Å². The zero-order chi connectivity index (χ0) is 10.6. The summed E-state index contributed by atoms with van der Waals surface area (Å²) in [6.45, 7) is 4.32. The molecule has 0 aromatic heterocycles. The third-order valence-electron chi connectivity index (χ3n) is 2.54. The van der Waals surface area contributed by atoms with Gasteiger partial charge in [-0.25, -0.2) is 0 Å². The molecule has 0 aliphatic heterocycles. The molecule has 78 valence electrons. The zero-order valence-corrected chi connectivity index (χ0v) is 9.08. The molecule has 2 nitrogen and oxygen atoms in total. The van der Waals surface area contributed by atoms with Gasteiger partial charge < -0.3 is 9.84 Å². The quantitative estimate of drug-likeness (QED) is 0.797. The summed E-state index contributed by atoms with van der Waals surface area (Å²) >= 11 is 0. The summed E-state index contributed by atoms with van der Waals surface area (Å²) in [5, 5.41) is 9.13. The van der Waals surface area contributed by atoms with E-state index in [1.807, 2.05) is 19.1 Å². The average Bonchev–Trinajstić information content (AvgIpc) is 2.27. The number of aryl methyl sites for hydroxylation is 1. The number of hydrogen-bond acceptors (Lipinski definition) is 2. The van der Waals surface area contributed by atoms with Crippen LogP contribution in [0.5, 0.6) is 5.75 Å². The molecule has 0 heterocycles. The predicted octanol–water partition coefficient (Wildman–Crippen LogP) is 2.35. The van der Waals surface area contributed by atoms with E-state index < -0.39 is 0 Å². The van der Waals surface area contributed by atoms with E-state index in [4.69, 9.17) is 9.84 Å². The first-order chi connectivity index (χ1) is 6.72. The Morgan fingerprint density at radius 3 is 2.64 bits per heavy atom. The maximum atomic E-state index is 9.13. The van der Waals surface area contributed by atoms with Crippen LogP contribution in [0.25, 0.3) is 0 Å². The SMILES string of the molecule is CCc1ccc(OC)cc1C(C)CO. The maximum Gasteiger partial charge on any atom is 0.119 e. The Kier molecular flexibility index (Phi) is 3.96. The van der Waals surface area contributed by atoms with Crippen molar-refractivity contribution >= 4 is 0 Å². The molecule has 0 aliphatic rings. The van der Waals surface area contributed by atoms with Crippen LogP contribution < -0.4 is 4.74 Å². The summed E-state index contributed by atoms with van der Waals surface area (Å²) in [5.74, 6) is 1.04. The van der Waals surface area contributed by atoms with E-state index in [0.717, 1.165) is 12.2 Å². The van der Waals surface area contributed by atoms with Crippen LogP contribution in [0, 0.1) is 0 Å². The average molecular weight is 194 g/mol. The Hall–Kier alpha value is -1.02. The number of methoxy groups -OCH3 is 1. The Morgan fingerprint density at radius 2 is 2.14 bits per heavy atom. The maximum absolute atomic E-state index is 9.13. The van der Waals surface area contributed by atoms with Crippen LogP contribution in [0.15, 0.2) is 18.2 Å². The molecule has 1 rings (SSSR count). The number of benzene rings is 1. The van der Waals surface area contributed by atoms with Gasteiger partial charge in [0.05, 0.1) is 7.11 Å². The highest BCUT2D eigenvalue weighted by atomic mass is 16.5. The lowest BCUT2D eigenvalue weighted by Gasteiger charge is -2.14. The summed E-state index contributed by atoms with van der Waals surface area (Å²) in [6.07, 6.45) is 0.990. The molecule has 0 saturated carbocycles. The van der Waals surface area contributed by atoms with Crippen molar-refractivity contribution < 1.29 is 9.84 Å². The van der Waals surface area contributed by atoms with Gasteiger partial charge in [0.1, 0.15) is 5.75 Å². The molecule has 1 atom stereocenters. The van der Waals surface area contributed by atoms with Gasteiger partial charge in [-0.3, -0.25) is 0 Å². The smallest absolute Gasteiger partial charge is 0.119 e. The molecule has 0 aliphatic carbocycles. The lowest BCUT2D eigenvalue weighted by Crippen LogP contribution is -2.03. The standard InChI is InChI=1S/C12H18O2/c1-4-10-5-6-11(14-3)7-12(10)9(2)8-13/h5-7,9,13H,4,8H2,1-3H3. The van der Waals surface area contributed by atoms with E-state index in [1.165, 1.54) is 11.1 Å². The minimum atomic E-state index is 0.181. The third kappa shape index (κ3) is 2.26. The van der Waals surface area contributed by atoms with Crippen LogP contribution in [-0.2, 0) is 6.42 Å². The number of aliphatic hydroxyl groups is 1. The molecule has 2 heteroatoms. The van der Waals surface area contributed by atoms with E-state index in [2.05, 4.69) is 13.0 Å². The van der Waals surface area contributed by atoms with Gasteiger partial charge in [-0.2, -0.15) is 0 Å². The van der Waals surface area contributed by atoms with Gasteiger partial charge in [0.25, 0.3) is 0 Å². The topological polar surface area (TPSA) is 29.5 Å². The third-order valence-corrected chi connectivity index (χ3v) is 2.54. The Labute approximate surface area is 85.5 Å². The van der Waals surface area contributed by atoms with Crippen molar-refractivity contribution in [2.24, 2.45) is 0 Å². The molecule has 0 fully saturated rings. The van der Waals surface area contributed by atoms with Crippen molar-refractivity contribution in [2.45, 2.75) is 26.2 Å². The molecule has 0 saturated heterocycles. The molecule has 0 bridgehead atoms. The van der Waals surface area contributed by atoms with Gasteiger partial charge in [-0.05, 0) is 29.7 Å². The summed E-state index contributed by atoms with van der Waals surface area (Å²) in [5.41, 5.74) is 2.47. The first-order valence-corrected chi connectivity index (χ1v) is 5.00. The lowest BCUT2D eigenvalue weighted by atomic mass is 9.95. The summed E-state index contributed by atoms with van der Waals surface area (Å²) in [7, 11) is 1.66. The van der Waals surface area contributed by atoms with E-state index in [-0.39, 0.29) is 12.5 Å². The van der Waals surface area contributed by atoms with E-state index >= 15 is 0 Å². The van der Waals surface area contributed by atoms with Crippen molar-refractivity contribution in [3.8, 4) is 5.75 Å². The van der Waals surface area contributed by atoms with Crippen LogP contribution >= 0.6 is 0 Å². The summed E-state index contributed by atoms with van der Waals surface area (Å²) < 4.78 is 5.17. The number of aliphatic hydroxyl groups excluding tert-OH is 1. The van der Waals surface area contributed by atoms with Crippen molar-refractivity contribution in [2.75, 3.05) is 13.7 Å². The second-order valence-corrected chi connectivity index (χ2v) is 3.50. The van der Waals surface area contributed by atoms with Crippen molar-refractivity contribution in [3.05, 3.63) is 29.3 Å². The van der Waals surface area contributed by atoms with E-state index in [1.54, 1.807) is 7.11 Å². The second kappa shape index (κ2) is 5.01. The molecule has 0 spiro atoms. The van der Waals surface area contributed by atoms with Gasteiger partial charge in [0.2, 0.25) is 0 Å². The number of ether oxygens (including phenoxy) is 1. The molecule has 1 aromatic rings. The van der Waals surface area contributed by atoms with Gasteiger partial charge in [0.15, 0.2) is 0 Å². The molecule has 0 amide bonds. The predicted molar refractivity (Wildman–Crippen MR) is 57.9 cm³/mol. The fourth-order valence-corrected chi connectivity index (χ4v) is 1.58. The Balaban J connectivity index is 3.08. The Morgan fingerprint density at radius 1 is 1.43 bits per heavy atom. The van der Waals surface area contributed by atoms with E-state index in [0.29, 0.717) is 0 Å². The summed E-state index contributed by atoms with van der Waals surface area (Å²) in [6, 6.07) is 6.05. The summed E-state index contributed by atoms with van der Waals surface area (Å²) in [4.78, 5) is 0. The van der Waals surface area contributed by atoms with Crippen LogP contribution in [-0.4, -0.2) is 18.8 Å². The van der Waals surface area contributed by atoms with Gasteiger partial charge in [-0.1, -0.05) is 19.9 Å². The molecular weight excluding hydrogens is 176 g/mol. The van der Waals surface area contributed by atoms with E-state index in [9.17, 15) is 0 Å². The van der Waals surface area contributed by atoms with Gasteiger partial charge in [-0.15, -0.1) is 0 Å². The highest BCUT2D eigenvalue weighted by Crippen LogP contribution is 2.24. The second-order valence-electron chi connectivity index (χ2n) is 3.50. The monoisotopic (exact) mass is 194 g/mol. The molecular formula is C12H18O2. The highest BCUT2D eigenvalue weighted by Gasteiger charge is 2.09. The molecule has 1 N–H and O–H groups in total. The number of rotatable bonds is 4. The molecule has 0 radical (unpaired) electrons. The van der Waals surface area contributed by atoms with Crippen LogP contribution in [0.1, 0.15) is 30.9 Å². The normalized spacial score (nSPS) is 12.6. The number of hydrogen-bond donors (Lipinski definition) is 1. The van der Waals surface area contributed by atoms with Crippen LogP contribution in [0.4, 0.5) is 0 Å². The van der Waals surface area contributed by atoms with Crippen LogP contribution in [0.3, 0.4) is 0 Å². The Bertz CT molecular complexity index is 294. The zero-order valence-electron chi connectivity index (χ0n) is 9.08. The van der Waals surface area contributed by atoms with Gasteiger partial charge in [0, 0.05) is 12.5 Å². The van der Waals surface area contributed by atoms with Crippen molar-refractivity contribution in [1.82, 2.24) is 0 Å². The lowest BCUT2D eigenvalue weighted by molar-refractivity contribution is 0.272. The minimum Gasteiger partial charge on any atom is -0.497 e. The molecule has 1 unspecified atom stereocenters. The first-order valence-electron chi connectivity index (χ1n) is 5.00. The van der Waals surface area contributed by atoms with Crippen LogP contribution in [0.2, 0.25) is 0 Å². The van der Waals surface area contributed by atoms with Crippen molar-refractivity contribution in [1.29, 1.82) is 0 Å². The minimum absolute atomic E-state index is 0.181. The molecule has 14 heavy (non-hydrogen) atoms. The largest absolute Gasteiger partial charge is 0.497 e. The fraction of sp³-hybridized carbons (Fsp3) is 0.500. The fourth-order valence-electron chi connectivity index (χ4n) is 1.58. The first kappa shape index (κ1) is 11.1. The van der Waals surface area contributed by atoms with Crippen molar-refractivity contribution in [3.63, 3.8) is 0 Å².